The summed E-state index contributed by atoms with van der Waals surface area (Å²) in [4.78, 5) is 12.5. The van der Waals surface area contributed by atoms with E-state index in [0.29, 0.717) is 18.8 Å². The Hall–Kier alpha value is -1.62. The lowest BCUT2D eigenvalue weighted by atomic mass is 10.1. The minimum atomic E-state index is -1.17. The van der Waals surface area contributed by atoms with E-state index in [1.807, 2.05) is 0 Å². The molecule has 5 heteroatoms. The smallest absolute Gasteiger partial charge is 0.337 e. The molecule has 2 rings (SSSR count). The Bertz CT molecular complexity index is 397. The van der Waals surface area contributed by atoms with Gasteiger partial charge in [-0.15, -0.1) is 0 Å². The zero-order valence-corrected chi connectivity index (χ0v) is 8.69. The highest BCUT2D eigenvalue weighted by atomic mass is 19.1. The summed E-state index contributed by atoms with van der Waals surface area (Å²) in [5.74, 6) is -1.03. The van der Waals surface area contributed by atoms with Gasteiger partial charge in [0.15, 0.2) is 6.30 Å². The number of halogens is 1. The number of nitrogens with one attached hydrogen (secondary N) is 1. The highest BCUT2D eigenvalue weighted by Crippen LogP contribution is 2.23. The highest BCUT2D eigenvalue weighted by molar-refractivity contribution is 5.94. The fourth-order valence-corrected chi connectivity index (χ4v) is 1.85. The van der Waals surface area contributed by atoms with Crippen molar-refractivity contribution in [1.82, 2.24) is 5.32 Å². The van der Waals surface area contributed by atoms with E-state index in [9.17, 15) is 9.18 Å². The van der Waals surface area contributed by atoms with E-state index >= 15 is 0 Å². The molecular weight excluding hydrogens is 211 g/mol. The molecule has 1 aliphatic rings. The van der Waals surface area contributed by atoms with Gasteiger partial charge in [0.25, 0.3) is 0 Å². The summed E-state index contributed by atoms with van der Waals surface area (Å²) in [6.07, 6.45) is -1.17. The van der Waals surface area contributed by atoms with E-state index in [-0.39, 0.29) is 12.1 Å². The van der Waals surface area contributed by atoms with Crippen molar-refractivity contribution >= 4 is 11.7 Å². The molecule has 0 saturated carbocycles. The van der Waals surface area contributed by atoms with Gasteiger partial charge >= 0.3 is 5.97 Å². The zero-order chi connectivity index (χ0) is 11.5. The van der Waals surface area contributed by atoms with Gasteiger partial charge in [-0.3, -0.25) is 0 Å². The van der Waals surface area contributed by atoms with Crippen molar-refractivity contribution in [1.29, 1.82) is 0 Å². The number of alkyl halides is 1. The molecule has 1 atom stereocenters. The van der Waals surface area contributed by atoms with Crippen molar-refractivity contribution in [2.45, 2.75) is 6.30 Å². The van der Waals surface area contributed by atoms with Crippen molar-refractivity contribution in [2.24, 2.45) is 0 Å². The fourth-order valence-electron chi connectivity index (χ4n) is 1.85. The molecule has 1 aliphatic heterocycles. The quantitative estimate of drug-likeness (QED) is 0.738. The lowest BCUT2D eigenvalue weighted by molar-refractivity contribution is 0.0697. The number of carbonyl (C=O) groups is 1. The van der Waals surface area contributed by atoms with Crippen molar-refractivity contribution in [3.05, 3.63) is 29.8 Å². The molecule has 0 spiro atoms. The third-order valence-corrected chi connectivity index (χ3v) is 2.62. The van der Waals surface area contributed by atoms with E-state index in [4.69, 9.17) is 5.11 Å². The number of benzene rings is 1. The van der Waals surface area contributed by atoms with Crippen LogP contribution in [0.3, 0.4) is 0 Å². The third kappa shape index (κ3) is 1.99. The maximum atomic E-state index is 13.6. The first-order valence-electron chi connectivity index (χ1n) is 5.14. The number of anilines is 1. The average Bonchev–Trinajstić information content (AvgIpc) is 2.29. The Morgan fingerprint density at radius 3 is 2.94 bits per heavy atom. The number of carboxylic acid groups (broad SMARTS) is 1. The molecule has 1 unspecified atom stereocenters. The van der Waals surface area contributed by atoms with Gasteiger partial charge in [0.05, 0.1) is 11.3 Å². The lowest BCUT2D eigenvalue weighted by Crippen LogP contribution is -2.49. The zero-order valence-electron chi connectivity index (χ0n) is 8.69. The van der Waals surface area contributed by atoms with Crippen LogP contribution in [0, 0.1) is 0 Å². The summed E-state index contributed by atoms with van der Waals surface area (Å²) in [5.41, 5.74) is 0.594. The van der Waals surface area contributed by atoms with Crippen molar-refractivity contribution in [3.8, 4) is 0 Å². The van der Waals surface area contributed by atoms with E-state index in [1.54, 1.807) is 18.2 Å². The van der Waals surface area contributed by atoms with E-state index in [2.05, 4.69) is 5.32 Å². The van der Waals surface area contributed by atoms with E-state index < -0.39 is 12.3 Å². The summed E-state index contributed by atoms with van der Waals surface area (Å²) in [7, 11) is 0. The molecular formula is C11H13FN2O2. The number of hydrogen-bond donors (Lipinski definition) is 2. The number of piperazine rings is 1. The van der Waals surface area contributed by atoms with Crippen LogP contribution < -0.4 is 10.2 Å². The van der Waals surface area contributed by atoms with Gasteiger partial charge in [-0.1, -0.05) is 12.1 Å². The molecule has 1 aromatic rings. The van der Waals surface area contributed by atoms with Gasteiger partial charge in [-0.2, -0.15) is 0 Å². The van der Waals surface area contributed by atoms with Crippen LogP contribution in [0.5, 0.6) is 0 Å². The van der Waals surface area contributed by atoms with Gasteiger partial charge in [0, 0.05) is 19.6 Å². The van der Waals surface area contributed by atoms with Crippen molar-refractivity contribution in [3.63, 3.8) is 0 Å². The van der Waals surface area contributed by atoms with Crippen LogP contribution in [0.15, 0.2) is 24.3 Å². The number of nitrogens with zero attached hydrogens (tertiary/aromatic N) is 1. The topological polar surface area (TPSA) is 52.6 Å². The van der Waals surface area contributed by atoms with Crippen LogP contribution in [-0.4, -0.2) is 37.0 Å². The fraction of sp³-hybridized carbons (Fsp3) is 0.364. The number of carboxylic acids is 1. The molecule has 1 saturated heterocycles. The summed E-state index contributed by atoms with van der Waals surface area (Å²) in [6.45, 7) is 1.37. The summed E-state index contributed by atoms with van der Waals surface area (Å²) in [6, 6.07) is 6.49. The molecule has 16 heavy (non-hydrogen) atoms. The molecule has 1 fully saturated rings. The standard InChI is InChI=1S/C11H13FN2O2/c12-10-7-13-5-6-14(10)9-4-2-1-3-8(9)11(15)16/h1-4,10,13H,5-7H2,(H,15,16). The first-order chi connectivity index (χ1) is 7.70. The van der Waals surface area contributed by atoms with Gasteiger partial charge in [0.1, 0.15) is 0 Å². The summed E-state index contributed by atoms with van der Waals surface area (Å²) >= 11 is 0. The normalized spacial score (nSPS) is 20.8. The largest absolute Gasteiger partial charge is 0.478 e. The molecule has 86 valence electrons. The van der Waals surface area contributed by atoms with Crippen LogP contribution in [-0.2, 0) is 0 Å². The number of rotatable bonds is 2. The van der Waals surface area contributed by atoms with Crippen molar-refractivity contribution < 1.29 is 14.3 Å². The lowest BCUT2D eigenvalue weighted by Gasteiger charge is -2.33. The van der Waals surface area contributed by atoms with Gasteiger partial charge in [-0.05, 0) is 12.1 Å². The molecule has 0 bridgehead atoms. The second-order valence-corrected chi connectivity index (χ2v) is 3.65. The first kappa shape index (κ1) is 10.9. The number of hydrogen-bond acceptors (Lipinski definition) is 3. The average molecular weight is 224 g/mol. The minimum Gasteiger partial charge on any atom is -0.478 e. The van der Waals surface area contributed by atoms with Crippen LogP contribution in [0.25, 0.3) is 0 Å². The molecule has 0 radical (unpaired) electrons. The molecule has 1 aromatic carbocycles. The van der Waals surface area contributed by atoms with E-state index in [1.165, 1.54) is 11.0 Å². The predicted octanol–water partition coefficient (Wildman–Crippen LogP) is 1.09. The Morgan fingerprint density at radius 1 is 1.50 bits per heavy atom. The maximum Gasteiger partial charge on any atom is 0.337 e. The van der Waals surface area contributed by atoms with Gasteiger partial charge < -0.3 is 15.3 Å². The van der Waals surface area contributed by atoms with Gasteiger partial charge in [-0.25, -0.2) is 9.18 Å². The van der Waals surface area contributed by atoms with Crippen LogP contribution >= 0.6 is 0 Å². The second-order valence-electron chi connectivity index (χ2n) is 3.65. The first-order valence-corrected chi connectivity index (χ1v) is 5.14. The van der Waals surface area contributed by atoms with E-state index in [0.717, 1.165) is 0 Å². The Kier molecular flexibility index (Phi) is 3.05. The SMILES string of the molecule is O=C(O)c1ccccc1N1CCNCC1F. The number of para-hydroxylation sites is 1. The molecule has 0 aliphatic carbocycles. The van der Waals surface area contributed by atoms with Crippen LogP contribution in [0.4, 0.5) is 10.1 Å². The molecule has 2 N–H and O–H groups in total. The molecule has 0 amide bonds. The second kappa shape index (κ2) is 4.49. The molecule has 4 nitrogen and oxygen atoms in total. The molecule has 0 aromatic heterocycles. The third-order valence-electron chi connectivity index (χ3n) is 2.62. The predicted molar refractivity (Wildman–Crippen MR) is 58.5 cm³/mol. The highest BCUT2D eigenvalue weighted by Gasteiger charge is 2.24. The Morgan fingerprint density at radius 2 is 2.25 bits per heavy atom. The minimum absolute atomic E-state index is 0.145. The molecule has 1 heterocycles. The van der Waals surface area contributed by atoms with Gasteiger partial charge in [0.2, 0.25) is 0 Å². The Labute approximate surface area is 92.7 Å². The monoisotopic (exact) mass is 224 g/mol. The van der Waals surface area contributed by atoms with Crippen molar-refractivity contribution in [2.75, 3.05) is 24.5 Å². The van der Waals surface area contributed by atoms with Crippen LogP contribution in [0.2, 0.25) is 0 Å². The van der Waals surface area contributed by atoms with Crippen LogP contribution in [0.1, 0.15) is 10.4 Å². The summed E-state index contributed by atoms with van der Waals surface area (Å²) in [5, 5.41) is 11.9. The summed E-state index contributed by atoms with van der Waals surface area (Å²) < 4.78 is 13.6. The number of aromatic carboxylic acids is 1. The Balaban J connectivity index is 2.34. The maximum absolute atomic E-state index is 13.6.